The first-order valence-electron chi connectivity index (χ1n) is 15.4. The Hall–Kier alpha value is -3.56. The van der Waals surface area contributed by atoms with Gasteiger partial charge in [0.1, 0.15) is 12.6 Å². The first-order valence-corrected chi connectivity index (χ1v) is 18.0. The molecule has 0 saturated heterocycles. The van der Waals surface area contributed by atoms with Gasteiger partial charge in [0.2, 0.25) is 11.8 Å². The SMILES string of the molecule is Cc1cc(Cl)ccc1N(CC(=O)N(Cc1ccc(Cl)c(Cl)c1)[C@H](Cc1ccccc1)C(=O)NC1CCCC1)S(=O)(=O)c1ccccc1. The van der Waals surface area contributed by atoms with Crippen molar-refractivity contribution in [3.05, 3.63) is 129 Å². The lowest BCUT2D eigenvalue weighted by Crippen LogP contribution is -2.54. The maximum absolute atomic E-state index is 14.7. The van der Waals surface area contributed by atoms with Crippen molar-refractivity contribution in [3.63, 3.8) is 0 Å². The van der Waals surface area contributed by atoms with Crippen LogP contribution in [0.1, 0.15) is 42.4 Å². The second-order valence-corrected chi connectivity index (χ2v) is 14.8. The highest BCUT2D eigenvalue weighted by molar-refractivity contribution is 7.92. The Morgan fingerprint density at radius 3 is 2.13 bits per heavy atom. The average Bonchev–Trinajstić information content (AvgIpc) is 3.57. The number of halogens is 3. The zero-order chi connectivity index (χ0) is 33.6. The fraction of sp³-hybridized carbons (Fsp3) is 0.278. The number of hydrogen-bond acceptors (Lipinski definition) is 4. The normalized spacial score (nSPS) is 14.0. The standard InChI is InChI=1S/C36H36Cl3N3O4S/c1-25-20-28(37)17-19-33(25)42(47(45,46)30-14-6-3-7-15-30)24-35(43)41(23-27-16-18-31(38)32(39)21-27)34(22-26-10-4-2-5-11-26)36(44)40-29-12-8-9-13-29/h2-7,10-11,14-21,29,34H,8-9,12-13,22-24H2,1H3,(H,40,44)/t34-/m1/s1. The largest absolute Gasteiger partial charge is 0.352 e. The maximum Gasteiger partial charge on any atom is 0.264 e. The molecule has 4 aromatic carbocycles. The van der Waals surface area contributed by atoms with Gasteiger partial charge in [0.05, 0.1) is 20.6 Å². The first-order chi connectivity index (χ1) is 22.5. The molecule has 0 aliphatic heterocycles. The molecule has 0 bridgehead atoms. The maximum atomic E-state index is 14.7. The molecule has 0 heterocycles. The molecular formula is C36H36Cl3N3O4S. The van der Waals surface area contributed by atoms with Gasteiger partial charge in [-0.1, -0.05) is 102 Å². The van der Waals surface area contributed by atoms with Gasteiger partial charge >= 0.3 is 0 Å². The third-order valence-electron chi connectivity index (χ3n) is 8.35. The van der Waals surface area contributed by atoms with Crippen molar-refractivity contribution < 1.29 is 18.0 Å². The Kier molecular flexibility index (Phi) is 11.5. The Morgan fingerprint density at radius 2 is 1.49 bits per heavy atom. The molecule has 7 nitrogen and oxygen atoms in total. The zero-order valence-electron chi connectivity index (χ0n) is 25.9. The Morgan fingerprint density at radius 1 is 0.830 bits per heavy atom. The minimum Gasteiger partial charge on any atom is -0.352 e. The number of nitrogens with zero attached hydrogens (tertiary/aromatic N) is 2. The van der Waals surface area contributed by atoms with E-state index in [9.17, 15) is 18.0 Å². The van der Waals surface area contributed by atoms with Gasteiger partial charge in [-0.05, 0) is 78.9 Å². The number of carbonyl (C=O) groups is 2. The number of nitrogens with one attached hydrogen (secondary N) is 1. The van der Waals surface area contributed by atoms with E-state index < -0.39 is 28.5 Å². The number of rotatable bonds is 12. The lowest BCUT2D eigenvalue weighted by molar-refractivity contribution is -0.140. The predicted molar refractivity (Wildman–Crippen MR) is 189 cm³/mol. The summed E-state index contributed by atoms with van der Waals surface area (Å²) in [7, 11) is -4.22. The molecule has 246 valence electrons. The van der Waals surface area contributed by atoms with Crippen LogP contribution in [0.2, 0.25) is 15.1 Å². The van der Waals surface area contributed by atoms with E-state index in [0.717, 1.165) is 35.6 Å². The molecule has 1 fully saturated rings. The summed E-state index contributed by atoms with van der Waals surface area (Å²) in [5.74, 6) is -0.860. The molecule has 4 aromatic rings. The summed E-state index contributed by atoms with van der Waals surface area (Å²) < 4.78 is 29.5. The highest BCUT2D eigenvalue weighted by atomic mass is 35.5. The zero-order valence-corrected chi connectivity index (χ0v) is 29.0. The van der Waals surface area contributed by atoms with Crippen molar-refractivity contribution in [2.24, 2.45) is 0 Å². The smallest absolute Gasteiger partial charge is 0.264 e. The summed E-state index contributed by atoms with van der Waals surface area (Å²) in [5.41, 5.74) is 2.37. The molecule has 0 radical (unpaired) electrons. The van der Waals surface area contributed by atoms with Crippen molar-refractivity contribution in [2.45, 2.75) is 62.6 Å². The topological polar surface area (TPSA) is 86.8 Å². The van der Waals surface area contributed by atoms with Gasteiger partial charge < -0.3 is 10.2 Å². The highest BCUT2D eigenvalue weighted by Crippen LogP contribution is 2.30. The Labute approximate surface area is 291 Å². The quantitative estimate of drug-likeness (QED) is 0.162. The summed E-state index contributed by atoms with van der Waals surface area (Å²) in [4.78, 5) is 30.3. The minimum atomic E-state index is -4.22. The van der Waals surface area contributed by atoms with Crippen molar-refractivity contribution >= 4 is 62.3 Å². The summed E-state index contributed by atoms with van der Waals surface area (Å²) >= 11 is 18.8. The van der Waals surface area contributed by atoms with Crippen LogP contribution in [0.15, 0.2) is 102 Å². The average molecular weight is 713 g/mol. The lowest BCUT2D eigenvalue weighted by Gasteiger charge is -2.34. The second kappa shape index (κ2) is 15.6. The third kappa shape index (κ3) is 8.68. The molecule has 5 rings (SSSR count). The van der Waals surface area contributed by atoms with E-state index in [4.69, 9.17) is 34.8 Å². The number of aryl methyl sites for hydroxylation is 1. The lowest BCUT2D eigenvalue weighted by atomic mass is 10.0. The summed E-state index contributed by atoms with van der Waals surface area (Å²) in [5, 5.41) is 4.26. The van der Waals surface area contributed by atoms with Gasteiger partial charge in [0, 0.05) is 24.0 Å². The van der Waals surface area contributed by atoms with E-state index in [1.165, 1.54) is 17.0 Å². The first kappa shape index (κ1) is 34.8. The summed E-state index contributed by atoms with van der Waals surface area (Å²) in [6, 6.07) is 26.3. The molecule has 0 spiro atoms. The van der Waals surface area contributed by atoms with Crippen molar-refractivity contribution in [1.82, 2.24) is 10.2 Å². The number of amides is 2. The highest BCUT2D eigenvalue weighted by Gasteiger charge is 2.36. The van der Waals surface area contributed by atoms with E-state index in [2.05, 4.69) is 5.32 Å². The molecule has 0 aromatic heterocycles. The third-order valence-corrected chi connectivity index (χ3v) is 11.1. The van der Waals surface area contributed by atoms with Crippen LogP contribution in [0.25, 0.3) is 0 Å². The monoisotopic (exact) mass is 711 g/mol. The van der Waals surface area contributed by atoms with Crippen molar-refractivity contribution in [1.29, 1.82) is 0 Å². The van der Waals surface area contributed by atoms with Gasteiger partial charge in [-0.3, -0.25) is 13.9 Å². The van der Waals surface area contributed by atoms with Crippen LogP contribution >= 0.6 is 34.8 Å². The van der Waals surface area contributed by atoms with Crippen molar-refractivity contribution in [3.8, 4) is 0 Å². The molecule has 2 amide bonds. The Bertz CT molecular complexity index is 1820. The van der Waals surface area contributed by atoms with Gasteiger partial charge in [0.25, 0.3) is 10.0 Å². The summed E-state index contributed by atoms with van der Waals surface area (Å²) in [6.45, 7) is 1.16. The molecule has 1 aliphatic rings. The number of benzene rings is 4. The van der Waals surface area contributed by atoms with Gasteiger partial charge in [0.15, 0.2) is 0 Å². The molecule has 1 atom stereocenters. The van der Waals surface area contributed by atoms with Gasteiger partial charge in [-0.25, -0.2) is 8.42 Å². The van der Waals surface area contributed by atoms with Crippen LogP contribution in [0.5, 0.6) is 0 Å². The molecule has 47 heavy (non-hydrogen) atoms. The molecular weight excluding hydrogens is 677 g/mol. The van der Waals surface area contributed by atoms with Crippen LogP contribution in [0, 0.1) is 6.92 Å². The second-order valence-electron chi connectivity index (χ2n) is 11.7. The van der Waals surface area contributed by atoms with E-state index in [-0.39, 0.29) is 29.8 Å². The number of carbonyl (C=O) groups excluding carboxylic acids is 2. The molecule has 1 saturated carbocycles. The van der Waals surface area contributed by atoms with Crippen LogP contribution in [-0.2, 0) is 32.6 Å². The molecule has 1 aliphatic carbocycles. The van der Waals surface area contributed by atoms with Crippen LogP contribution in [-0.4, -0.2) is 43.8 Å². The number of sulfonamides is 1. The minimum absolute atomic E-state index is 0.00868. The number of anilines is 1. The van der Waals surface area contributed by atoms with Crippen LogP contribution in [0.4, 0.5) is 5.69 Å². The van der Waals surface area contributed by atoms with E-state index in [0.29, 0.717) is 31.9 Å². The van der Waals surface area contributed by atoms with Gasteiger partial charge in [-0.15, -0.1) is 0 Å². The van der Waals surface area contributed by atoms with Gasteiger partial charge in [-0.2, -0.15) is 0 Å². The number of hydrogen-bond donors (Lipinski definition) is 1. The van der Waals surface area contributed by atoms with Crippen molar-refractivity contribution in [2.75, 3.05) is 10.8 Å². The fourth-order valence-corrected chi connectivity index (χ4v) is 7.93. The molecule has 1 N–H and O–H groups in total. The fourth-order valence-electron chi connectivity index (χ4n) is 5.89. The van der Waals surface area contributed by atoms with E-state index in [1.54, 1.807) is 61.5 Å². The van der Waals surface area contributed by atoms with Crippen LogP contribution in [0.3, 0.4) is 0 Å². The van der Waals surface area contributed by atoms with E-state index in [1.807, 2.05) is 30.3 Å². The summed E-state index contributed by atoms with van der Waals surface area (Å²) in [6.07, 6.45) is 3.99. The van der Waals surface area contributed by atoms with Crippen LogP contribution < -0.4 is 9.62 Å². The Balaban J connectivity index is 1.59. The predicted octanol–water partition coefficient (Wildman–Crippen LogP) is 7.85. The molecule has 11 heteroatoms. The molecule has 0 unspecified atom stereocenters. The van der Waals surface area contributed by atoms with E-state index >= 15 is 0 Å².